The summed E-state index contributed by atoms with van der Waals surface area (Å²) in [5.41, 5.74) is 0.658. The van der Waals surface area contributed by atoms with Crippen LogP contribution in [-0.4, -0.2) is 27.5 Å². The monoisotopic (exact) mass is 565 g/mol. The van der Waals surface area contributed by atoms with Gasteiger partial charge in [-0.25, -0.2) is 14.2 Å². The molecule has 2 heterocycles. The van der Waals surface area contributed by atoms with E-state index >= 15 is 0 Å². The number of H-pyrrole nitrogens is 2. The number of imidazole rings is 1. The van der Waals surface area contributed by atoms with Crippen LogP contribution in [0.15, 0.2) is 89.9 Å². The first-order chi connectivity index (χ1) is 19.7. The van der Waals surface area contributed by atoms with Crippen molar-refractivity contribution in [1.29, 1.82) is 0 Å². The topological polar surface area (TPSA) is 112 Å². The number of nitrogens with one attached hydrogen (secondary N) is 4. The molecule has 0 unspecified atom stereocenters. The number of carbonyl (C=O) groups excluding carboxylic acids is 1. The number of amides is 1. The van der Waals surface area contributed by atoms with Crippen LogP contribution in [0.5, 0.6) is 5.75 Å². The number of halogens is 4. The fourth-order valence-electron chi connectivity index (χ4n) is 4.14. The van der Waals surface area contributed by atoms with Crippen molar-refractivity contribution in [3.05, 3.63) is 124 Å². The second-order valence-corrected chi connectivity index (χ2v) is 9.13. The van der Waals surface area contributed by atoms with Crippen LogP contribution < -0.4 is 21.1 Å². The predicted molar refractivity (Wildman–Crippen MR) is 144 cm³/mol. The van der Waals surface area contributed by atoms with Gasteiger partial charge in [0.1, 0.15) is 24.0 Å². The third-order valence-electron chi connectivity index (χ3n) is 6.24. The molecular weight excluding hydrogens is 542 g/mol. The van der Waals surface area contributed by atoms with E-state index in [0.717, 1.165) is 11.6 Å². The zero-order chi connectivity index (χ0) is 29.0. The molecule has 0 aliphatic carbocycles. The van der Waals surface area contributed by atoms with Crippen molar-refractivity contribution < 1.29 is 27.1 Å². The third-order valence-corrected chi connectivity index (χ3v) is 6.24. The Kier molecular flexibility index (Phi) is 7.72. The van der Waals surface area contributed by atoms with Crippen molar-refractivity contribution in [2.24, 2.45) is 0 Å². The van der Waals surface area contributed by atoms with Crippen molar-refractivity contribution in [1.82, 2.24) is 20.3 Å². The van der Waals surface area contributed by atoms with E-state index < -0.39 is 29.5 Å². The molecule has 0 bridgehead atoms. The lowest BCUT2D eigenvalue weighted by Crippen LogP contribution is -2.27. The molecule has 0 saturated heterocycles. The van der Waals surface area contributed by atoms with Gasteiger partial charge < -0.3 is 25.3 Å². The summed E-state index contributed by atoms with van der Waals surface area (Å²) in [5, 5.41) is 5.63. The van der Waals surface area contributed by atoms with E-state index in [1.807, 2.05) is 6.07 Å². The molecule has 0 aliphatic rings. The minimum absolute atomic E-state index is 0.00349. The minimum Gasteiger partial charge on any atom is -0.491 e. The normalized spacial score (nSPS) is 12.2. The smallest absolute Gasteiger partial charge is 0.417 e. The molecule has 5 rings (SSSR count). The number of hydrogen-bond donors (Lipinski definition) is 4. The van der Waals surface area contributed by atoms with Gasteiger partial charge in [-0.2, -0.15) is 13.2 Å². The van der Waals surface area contributed by atoms with Gasteiger partial charge in [-0.15, -0.1) is 0 Å². The first-order valence-electron chi connectivity index (χ1n) is 12.4. The Morgan fingerprint density at radius 3 is 2.41 bits per heavy atom. The molecule has 1 amide bonds. The predicted octanol–water partition coefficient (Wildman–Crippen LogP) is 5.57. The summed E-state index contributed by atoms with van der Waals surface area (Å²) < 4.78 is 59.8. The number of rotatable bonds is 9. The quantitative estimate of drug-likeness (QED) is 0.175. The van der Waals surface area contributed by atoms with E-state index in [0.29, 0.717) is 28.5 Å². The number of pyridine rings is 1. The van der Waals surface area contributed by atoms with Gasteiger partial charge in [0.25, 0.3) is 5.91 Å². The molecule has 3 aromatic carbocycles. The van der Waals surface area contributed by atoms with Gasteiger partial charge in [0.2, 0.25) is 0 Å². The Morgan fingerprint density at radius 2 is 1.68 bits per heavy atom. The zero-order valence-electron chi connectivity index (χ0n) is 21.3. The molecule has 0 saturated carbocycles. The number of anilines is 1. The van der Waals surface area contributed by atoms with Crippen LogP contribution >= 0.6 is 0 Å². The van der Waals surface area contributed by atoms with Crippen LogP contribution in [0, 0.1) is 5.82 Å². The fraction of sp³-hybridized carbons (Fsp3) is 0.138. The van der Waals surface area contributed by atoms with Gasteiger partial charge in [-0.05, 0) is 41.5 Å². The molecule has 5 aromatic rings. The highest BCUT2D eigenvalue weighted by molar-refractivity contribution is 5.99. The Hall–Kier alpha value is -5.13. The molecule has 12 heteroatoms. The number of aromatic nitrogens is 3. The van der Waals surface area contributed by atoms with Gasteiger partial charge in [0, 0.05) is 18.8 Å². The lowest BCUT2D eigenvalue weighted by Gasteiger charge is -2.22. The maximum atomic E-state index is 13.5. The van der Waals surface area contributed by atoms with Gasteiger partial charge in [0.15, 0.2) is 0 Å². The van der Waals surface area contributed by atoms with E-state index in [-0.39, 0.29) is 30.2 Å². The second kappa shape index (κ2) is 11.5. The second-order valence-electron chi connectivity index (χ2n) is 9.13. The van der Waals surface area contributed by atoms with E-state index in [9.17, 15) is 27.2 Å². The molecule has 1 atom stereocenters. The number of nitrogens with zero attached hydrogens (tertiary/aromatic N) is 1. The van der Waals surface area contributed by atoms with Gasteiger partial charge >= 0.3 is 11.9 Å². The maximum Gasteiger partial charge on any atom is 0.417 e. The first kappa shape index (κ1) is 27.4. The number of carbonyl (C=O) groups is 1. The summed E-state index contributed by atoms with van der Waals surface area (Å²) in [7, 11) is 0. The fourth-order valence-corrected chi connectivity index (χ4v) is 4.14. The standard InChI is InChI=1S/C29H23F4N5O3/c30-20-8-6-17(7-9-20)14-35-27(39)22-12-19(29(31,32)33)15-34-26(22)36-25(18-4-2-1-3-5-18)16-41-21-10-11-23-24(13-21)38-28(40)37-23/h1-13,15,25H,14,16H2,(H,34,36)(H,35,39)(H2,37,38,40)/t25-/m0/s1. The summed E-state index contributed by atoms with van der Waals surface area (Å²) in [5.74, 6) is -0.903. The Balaban J connectivity index is 1.42. The lowest BCUT2D eigenvalue weighted by molar-refractivity contribution is -0.137. The lowest BCUT2D eigenvalue weighted by atomic mass is 10.1. The average Bonchev–Trinajstić information content (AvgIpc) is 3.34. The van der Waals surface area contributed by atoms with Crippen LogP contribution in [0.1, 0.15) is 33.1 Å². The van der Waals surface area contributed by atoms with Crippen LogP contribution in [0.25, 0.3) is 11.0 Å². The van der Waals surface area contributed by atoms with Gasteiger partial charge in [-0.1, -0.05) is 42.5 Å². The summed E-state index contributed by atoms with van der Waals surface area (Å²) in [6.45, 7) is -0.0345. The average molecular weight is 566 g/mol. The van der Waals surface area contributed by atoms with Crippen LogP contribution in [0.4, 0.5) is 23.4 Å². The largest absolute Gasteiger partial charge is 0.491 e. The Morgan fingerprint density at radius 1 is 0.951 bits per heavy atom. The molecule has 210 valence electrons. The molecule has 8 nitrogen and oxygen atoms in total. The van der Waals surface area contributed by atoms with Crippen molar-refractivity contribution in [3.63, 3.8) is 0 Å². The molecular formula is C29H23F4N5O3. The molecule has 0 spiro atoms. The van der Waals surface area contributed by atoms with E-state index in [4.69, 9.17) is 4.74 Å². The van der Waals surface area contributed by atoms with Crippen LogP contribution in [-0.2, 0) is 12.7 Å². The summed E-state index contributed by atoms with van der Waals surface area (Å²) in [6.07, 6.45) is -4.07. The van der Waals surface area contributed by atoms with E-state index in [2.05, 4.69) is 25.6 Å². The van der Waals surface area contributed by atoms with Crippen LogP contribution in [0.2, 0.25) is 0 Å². The number of benzene rings is 3. The number of ether oxygens (including phenoxy) is 1. The van der Waals surface area contributed by atoms with Gasteiger partial charge in [-0.3, -0.25) is 4.79 Å². The van der Waals surface area contributed by atoms with Crippen molar-refractivity contribution in [2.45, 2.75) is 18.8 Å². The first-order valence-corrected chi connectivity index (χ1v) is 12.4. The van der Waals surface area contributed by atoms with E-state index in [1.165, 1.54) is 24.3 Å². The van der Waals surface area contributed by atoms with Gasteiger partial charge in [0.05, 0.1) is 28.2 Å². The minimum atomic E-state index is -4.72. The molecule has 4 N–H and O–H groups in total. The van der Waals surface area contributed by atoms with Crippen LogP contribution in [0.3, 0.4) is 0 Å². The molecule has 2 aromatic heterocycles. The number of aromatic amines is 2. The number of fused-ring (bicyclic) bond motifs is 1. The molecule has 0 fully saturated rings. The van der Waals surface area contributed by atoms with Crippen molar-refractivity contribution in [3.8, 4) is 5.75 Å². The number of hydrogen-bond acceptors (Lipinski definition) is 5. The highest BCUT2D eigenvalue weighted by Gasteiger charge is 2.33. The SMILES string of the molecule is O=C(NCc1ccc(F)cc1)c1cc(C(F)(F)F)cnc1N[C@@H](COc1ccc2[nH]c(=O)[nH]c2c1)c1ccccc1. The molecule has 0 radical (unpaired) electrons. The summed E-state index contributed by atoms with van der Waals surface area (Å²) in [6, 6.07) is 19.4. The van der Waals surface area contributed by atoms with Crippen molar-refractivity contribution in [2.75, 3.05) is 11.9 Å². The highest BCUT2D eigenvalue weighted by atomic mass is 19.4. The Bertz CT molecular complexity index is 1720. The van der Waals surface area contributed by atoms with Crippen molar-refractivity contribution >= 4 is 22.8 Å². The number of alkyl halides is 3. The molecule has 41 heavy (non-hydrogen) atoms. The summed E-state index contributed by atoms with van der Waals surface area (Å²) >= 11 is 0. The maximum absolute atomic E-state index is 13.5. The van der Waals surface area contributed by atoms with E-state index in [1.54, 1.807) is 42.5 Å². The summed E-state index contributed by atoms with van der Waals surface area (Å²) in [4.78, 5) is 33.9. The zero-order valence-corrected chi connectivity index (χ0v) is 21.3. The molecule has 0 aliphatic heterocycles. The highest BCUT2D eigenvalue weighted by Crippen LogP contribution is 2.32. The third kappa shape index (κ3) is 6.72. The Labute approximate surface area is 230 Å².